The van der Waals surface area contributed by atoms with Gasteiger partial charge in [0.25, 0.3) is 5.91 Å². The monoisotopic (exact) mass is 419 g/mol. The number of fused-ring (bicyclic) bond motifs is 2. The van der Waals surface area contributed by atoms with Crippen LogP contribution in [-0.4, -0.2) is 34.2 Å². The number of urea groups is 1. The summed E-state index contributed by atoms with van der Waals surface area (Å²) in [4.78, 5) is 42.3. The van der Waals surface area contributed by atoms with Crippen LogP contribution in [0.1, 0.15) is 49.0 Å². The number of nitrogens with zero attached hydrogens (tertiary/aromatic N) is 2. The highest BCUT2D eigenvalue weighted by Crippen LogP contribution is 2.41. The Labute approximate surface area is 180 Å². The average molecular weight is 419 g/mol. The van der Waals surface area contributed by atoms with Crippen molar-refractivity contribution in [3.05, 3.63) is 71.3 Å². The number of hydrogen-bond donors (Lipinski definition) is 1. The van der Waals surface area contributed by atoms with E-state index in [1.165, 1.54) is 0 Å². The molecule has 0 radical (unpaired) electrons. The third-order valence-corrected chi connectivity index (χ3v) is 6.52. The van der Waals surface area contributed by atoms with Crippen molar-refractivity contribution in [3.63, 3.8) is 0 Å². The van der Waals surface area contributed by atoms with Gasteiger partial charge in [-0.15, -0.1) is 0 Å². The topological polar surface area (TPSA) is 82.9 Å². The van der Waals surface area contributed by atoms with Crippen LogP contribution in [0, 0.1) is 0 Å². The minimum atomic E-state index is -1.05. The molecule has 5 rings (SSSR count). The highest BCUT2D eigenvalue weighted by Gasteiger charge is 2.55. The fourth-order valence-corrected chi connectivity index (χ4v) is 4.93. The van der Waals surface area contributed by atoms with E-state index in [2.05, 4.69) is 11.4 Å². The van der Waals surface area contributed by atoms with E-state index in [9.17, 15) is 14.4 Å². The minimum Gasteiger partial charge on any atom is -0.467 e. The standard InChI is InChI=1S/C24H25N3O4/c28-21(26(15-19-10-6-14-31-19)18-8-2-1-3-9-18)16-27-22(29)24(25-23(27)30)13-12-17-7-4-5-11-20(17)24/h4-8,10-11,14H,1-3,9,12-13,15-16H2,(H,25,30)/t24-/m1/s1. The summed E-state index contributed by atoms with van der Waals surface area (Å²) in [7, 11) is 0. The van der Waals surface area contributed by atoms with Crippen LogP contribution in [-0.2, 0) is 28.1 Å². The van der Waals surface area contributed by atoms with Crippen molar-refractivity contribution in [3.8, 4) is 0 Å². The van der Waals surface area contributed by atoms with Crippen LogP contribution >= 0.6 is 0 Å². The molecule has 31 heavy (non-hydrogen) atoms. The normalized spacial score (nSPS) is 22.5. The molecule has 2 aliphatic carbocycles. The first-order valence-electron chi connectivity index (χ1n) is 10.8. The van der Waals surface area contributed by atoms with Crippen molar-refractivity contribution in [2.45, 2.75) is 50.6 Å². The third-order valence-electron chi connectivity index (χ3n) is 6.52. The Morgan fingerprint density at radius 3 is 2.77 bits per heavy atom. The third kappa shape index (κ3) is 3.34. The van der Waals surface area contributed by atoms with Gasteiger partial charge in [-0.2, -0.15) is 0 Å². The Hall–Kier alpha value is -3.35. The Bertz CT molecular complexity index is 1060. The van der Waals surface area contributed by atoms with Gasteiger partial charge in [-0.3, -0.25) is 14.5 Å². The highest BCUT2D eigenvalue weighted by atomic mass is 16.3. The summed E-state index contributed by atoms with van der Waals surface area (Å²) in [6, 6.07) is 10.8. The lowest BCUT2D eigenvalue weighted by Crippen LogP contribution is -2.44. The first kappa shape index (κ1) is 19.6. The molecule has 1 aromatic heterocycles. The molecule has 1 saturated heterocycles. The lowest BCUT2D eigenvalue weighted by molar-refractivity contribution is -0.138. The van der Waals surface area contributed by atoms with Gasteiger partial charge >= 0.3 is 6.03 Å². The van der Waals surface area contributed by atoms with Crippen LogP contribution in [0.5, 0.6) is 0 Å². The fraction of sp³-hybridized carbons (Fsp3) is 0.375. The minimum absolute atomic E-state index is 0.281. The van der Waals surface area contributed by atoms with Gasteiger partial charge in [-0.1, -0.05) is 30.3 Å². The summed E-state index contributed by atoms with van der Waals surface area (Å²) in [5, 5.41) is 2.89. The van der Waals surface area contributed by atoms with Crippen LogP contribution in [0.4, 0.5) is 4.79 Å². The molecule has 0 saturated carbocycles. The molecular weight excluding hydrogens is 394 g/mol. The van der Waals surface area contributed by atoms with Gasteiger partial charge in [-0.05, 0) is 61.8 Å². The van der Waals surface area contributed by atoms with E-state index in [1.54, 1.807) is 17.2 Å². The van der Waals surface area contributed by atoms with Gasteiger partial charge < -0.3 is 14.6 Å². The van der Waals surface area contributed by atoms with Crippen LogP contribution < -0.4 is 5.32 Å². The van der Waals surface area contributed by atoms with E-state index in [0.717, 1.165) is 53.8 Å². The number of aryl methyl sites for hydroxylation is 1. The van der Waals surface area contributed by atoms with E-state index >= 15 is 0 Å². The molecule has 1 N–H and O–H groups in total. The van der Waals surface area contributed by atoms with Gasteiger partial charge in [0, 0.05) is 5.70 Å². The van der Waals surface area contributed by atoms with Crippen LogP contribution in [0.2, 0.25) is 0 Å². The van der Waals surface area contributed by atoms with Crippen molar-refractivity contribution in [1.29, 1.82) is 0 Å². The van der Waals surface area contributed by atoms with Gasteiger partial charge in [-0.25, -0.2) is 4.79 Å². The van der Waals surface area contributed by atoms with E-state index in [-0.39, 0.29) is 24.9 Å². The molecular formula is C24H25N3O4. The zero-order valence-corrected chi connectivity index (χ0v) is 17.3. The van der Waals surface area contributed by atoms with Crippen molar-refractivity contribution in [2.75, 3.05) is 6.54 Å². The van der Waals surface area contributed by atoms with Crippen LogP contribution in [0.15, 0.2) is 58.9 Å². The van der Waals surface area contributed by atoms with Gasteiger partial charge in [0.05, 0.1) is 12.8 Å². The Morgan fingerprint density at radius 2 is 2.00 bits per heavy atom. The van der Waals surface area contributed by atoms with E-state index in [1.807, 2.05) is 30.3 Å². The Morgan fingerprint density at radius 1 is 1.13 bits per heavy atom. The number of allylic oxidation sites excluding steroid dienone is 2. The molecule has 2 aromatic rings. The molecule has 1 fully saturated rings. The predicted octanol–water partition coefficient (Wildman–Crippen LogP) is 3.46. The van der Waals surface area contributed by atoms with Crippen molar-refractivity contribution in [1.82, 2.24) is 15.1 Å². The molecule has 4 amide bonds. The number of benzene rings is 1. The fourth-order valence-electron chi connectivity index (χ4n) is 4.93. The van der Waals surface area contributed by atoms with Crippen molar-refractivity contribution < 1.29 is 18.8 Å². The maximum absolute atomic E-state index is 13.4. The number of nitrogens with one attached hydrogen (secondary N) is 1. The first-order valence-corrected chi connectivity index (χ1v) is 10.8. The molecule has 0 unspecified atom stereocenters. The molecule has 160 valence electrons. The van der Waals surface area contributed by atoms with Gasteiger partial charge in [0.1, 0.15) is 17.8 Å². The number of carbonyl (C=O) groups is 3. The highest BCUT2D eigenvalue weighted by molar-refractivity contribution is 6.10. The second-order valence-corrected chi connectivity index (χ2v) is 8.38. The summed E-state index contributed by atoms with van der Waals surface area (Å²) in [6.45, 7) is 0.00191. The summed E-state index contributed by atoms with van der Waals surface area (Å²) < 4.78 is 5.45. The van der Waals surface area contributed by atoms with Crippen molar-refractivity contribution >= 4 is 17.8 Å². The lowest BCUT2D eigenvalue weighted by atomic mass is 9.92. The molecule has 0 bridgehead atoms. The summed E-state index contributed by atoms with van der Waals surface area (Å²) in [5.41, 5.74) is 1.78. The molecule has 3 aliphatic rings. The average Bonchev–Trinajstić information content (AvgIpc) is 3.49. The zero-order valence-electron chi connectivity index (χ0n) is 17.3. The van der Waals surface area contributed by atoms with Crippen LogP contribution in [0.3, 0.4) is 0 Å². The molecule has 7 heteroatoms. The number of carbonyl (C=O) groups excluding carboxylic acids is 3. The molecule has 1 aliphatic heterocycles. The number of rotatable bonds is 5. The Balaban J connectivity index is 1.39. The number of furan rings is 1. The number of amides is 4. The van der Waals surface area contributed by atoms with E-state index in [0.29, 0.717) is 12.2 Å². The van der Waals surface area contributed by atoms with Crippen LogP contribution in [0.25, 0.3) is 0 Å². The molecule has 1 atom stereocenters. The number of hydrogen-bond acceptors (Lipinski definition) is 4. The quantitative estimate of drug-likeness (QED) is 0.753. The molecule has 2 heterocycles. The predicted molar refractivity (Wildman–Crippen MR) is 112 cm³/mol. The second kappa shape index (κ2) is 7.72. The van der Waals surface area contributed by atoms with Gasteiger partial charge in [0.15, 0.2) is 0 Å². The first-order chi connectivity index (χ1) is 15.1. The molecule has 1 spiro atoms. The van der Waals surface area contributed by atoms with E-state index < -0.39 is 11.6 Å². The summed E-state index contributed by atoms with van der Waals surface area (Å²) in [5.74, 6) is 0.0426. The van der Waals surface area contributed by atoms with Crippen molar-refractivity contribution in [2.24, 2.45) is 0 Å². The molecule has 1 aromatic carbocycles. The zero-order chi connectivity index (χ0) is 21.4. The lowest BCUT2D eigenvalue weighted by Gasteiger charge is -2.28. The SMILES string of the molecule is O=C(CN1C(=O)N[C@@]2(CCc3ccccc32)C1=O)N(Cc1ccco1)C1=CCCCC1. The maximum atomic E-state index is 13.4. The van der Waals surface area contributed by atoms with E-state index in [4.69, 9.17) is 4.42 Å². The smallest absolute Gasteiger partial charge is 0.325 e. The summed E-state index contributed by atoms with van der Waals surface area (Å²) >= 11 is 0. The maximum Gasteiger partial charge on any atom is 0.325 e. The van der Waals surface area contributed by atoms with Gasteiger partial charge in [0.2, 0.25) is 5.91 Å². The number of imide groups is 1. The second-order valence-electron chi connectivity index (χ2n) is 8.38. The largest absolute Gasteiger partial charge is 0.467 e. The molecule has 7 nitrogen and oxygen atoms in total. The Kier molecular flexibility index (Phi) is 4.88. The summed E-state index contributed by atoms with van der Waals surface area (Å²) in [6.07, 6.45) is 8.71.